The van der Waals surface area contributed by atoms with Crippen molar-refractivity contribution in [2.75, 3.05) is 25.0 Å². The third kappa shape index (κ3) is 3.60. The zero-order valence-corrected chi connectivity index (χ0v) is 15.9. The second kappa shape index (κ2) is 7.63. The van der Waals surface area contributed by atoms with Crippen molar-refractivity contribution in [3.8, 4) is 11.3 Å². The third-order valence-electron chi connectivity index (χ3n) is 4.75. The molecule has 0 radical (unpaired) electrons. The molecular weight excluding hydrogens is 370 g/mol. The first-order chi connectivity index (χ1) is 13.8. The topological polar surface area (TPSA) is 72.0 Å². The highest BCUT2D eigenvalue weighted by atomic mass is 32.1. The lowest BCUT2D eigenvalue weighted by molar-refractivity contribution is 0.0277. The van der Waals surface area contributed by atoms with E-state index in [-0.39, 0.29) is 6.10 Å². The minimum atomic E-state index is 0.114. The number of thiazole rings is 1. The van der Waals surface area contributed by atoms with Gasteiger partial charge in [0.05, 0.1) is 34.1 Å². The predicted octanol–water partition coefficient (Wildman–Crippen LogP) is 4.16. The van der Waals surface area contributed by atoms with Gasteiger partial charge in [0.1, 0.15) is 0 Å². The van der Waals surface area contributed by atoms with E-state index >= 15 is 0 Å². The number of nitrogens with zero attached hydrogens (tertiary/aromatic N) is 3. The van der Waals surface area contributed by atoms with Gasteiger partial charge in [-0.25, -0.2) is 15.0 Å². The van der Waals surface area contributed by atoms with Crippen LogP contribution in [0.5, 0.6) is 0 Å². The largest absolute Gasteiger partial charge is 0.371 e. The molecule has 1 fully saturated rings. The number of benzene rings is 2. The molecule has 7 heteroatoms. The van der Waals surface area contributed by atoms with Crippen molar-refractivity contribution >= 4 is 33.2 Å². The van der Waals surface area contributed by atoms with Crippen molar-refractivity contribution < 1.29 is 4.74 Å². The summed E-state index contributed by atoms with van der Waals surface area (Å²) in [5, 5.41) is 6.64. The number of morpholine rings is 1. The van der Waals surface area contributed by atoms with Crippen LogP contribution in [0.4, 0.5) is 11.6 Å². The van der Waals surface area contributed by atoms with Crippen LogP contribution in [0.1, 0.15) is 11.7 Å². The van der Waals surface area contributed by atoms with Crippen molar-refractivity contribution in [3.05, 3.63) is 65.8 Å². The standard InChI is InChI=1S/C21H19N5OS/c1-4-16(5-2-14(1)19-12-22-9-10-27-19)25-21-23-8-7-17(26-21)15-3-6-20-18(11-15)24-13-28-20/h1-8,11,13,19,22H,9-10,12H2,(H,23,25,26). The average Bonchev–Trinajstić information content (AvgIpc) is 3.23. The zero-order chi connectivity index (χ0) is 18.8. The Morgan fingerprint density at radius 2 is 2.00 bits per heavy atom. The molecule has 6 nitrogen and oxygen atoms in total. The third-order valence-corrected chi connectivity index (χ3v) is 5.56. The second-order valence-electron chi connectivity index (χ2n) is 6.61. The first-order valence-electron chi connectivity index (χ1n) is 9.21. The van der Waals surface area contributed by atoms with E-state index in [9.17, 15) is 0 Å². The summed E-state index contributed by atoms with van der Waals surface area (Å²) in [7, 11) is 0. The molecule has 0 spiro atoms. The highest BCUT2D eigenvalue weighted by Crippen LogP contribution is 2.26. The summed E-state index contributed by atoms with van der Waals surface area (Å²) >= 11 is 1.64. The molecule has 1 aliphatic heterocycles. The lowest BCUT2D eigenvalue weighted by Crippen LogP contribution is -2.33. The summed E-state index contributed by atoms with van der Waals surface area (Å²) in [6, 6.07) is 16.4. The maximum Gasteiger partial charge on any atom is 0.227 e. The number of nitrogens with one attached hydrogen (secondary N) is 2. The van der Waals surface area contributed by atoms with E-state index in [4.69, 9.17) is 4.74 Å². The molecule has 5 rings (SSSR count). The highest BCUT2D eigenvalue weighted by molar-refractivity contribution is 7.16. The Morgan fingerprint density at radius 1 is 1.07 bits per heavy atom. The Balaban J connectivity index is 1.34. The van der Waals surface area contributed by atoms with Crippen LogP contribution in [0.2, 0.25) is 0 Å². The molecule has 1 unspecified atom stereocenters. The maximum atomic E-state index is 5.80. The van der Waals surface area contributed by atoms with E-state index < -0.39 is 0 Å². The first kappa shape index (κ1) is 17.2. The van der Waals surface area contributed by atoms with Crippen LogP contribution in [-0.4, -0.2) is 34.6 Å². The van der Waals surface area contributed by atoms with Crippen molar-refractivity contribution in [1.29, 1.82) is 0 Å². The lowest BCUT2D eigenvalue weighted by atomic mass is 10.1. The van der Waals surface area contributed by atoms with E-state index in [1.807, 2.05) is 23.7 Å². The fourth-order valence-corrected chi connectivity index (χ4v) is 3.95. The summed E-state index contributed by atoms with van der Waals surface area (Å²) in [5.41, 5.74) is 6.86. The Morgan fingerprint density at radius 3 is 2.86 bits per heavy atom. The molecule has 140 valence electrons. The van der Waals surface area contributed by atoms with Gasteiger partial charge >= 0.3 is 0 Å². The molecule has 28 heavy (non-hydrogen) atoms. The quantitative estimate of drug-likeness (QED) is 0.546. The highest BCUT2D eigenvalue weighted by Gasteiger charge is 2.15. The molecule has 0 saturated carbocycles. The van der Waals surface area contributed by atoms with Gasteiger partial charge in [-0.05, 0) is 35.9 Å². The normalized spacial score (nSPS) is 16.9. The molecule has 1 aliphatic rings. The number of hydrogen-bond acceptors (Lipinski definition) is 7. The Bertz CT molecular complexity index is 1090. The fraction of sp³-hybridized carbons (Fsp3) is 0.190. The molecule has 2 aromatic heterocycles. The van der Waals surface area contributed by atoms with Crippen LogP contribution < -0.4 is 10.6 Å². The number of ether oxygens (including phenoxy) is 1. The molecule has 1 atom stereocenters. The van der Waals surface area contributed by atoms with Gasteiger partial charge in [-0.1, -0.05) is 18.2 Å². The molecule has 2 aromatic carbocycles. The molecular formula is C21H19N5OS. The molecule has 0 bridgehead atoms. The van der Waals surface area contributed by atoms with Gasteiger partial charge in [0, 0.05) is 30.5 Å². The van der Waals surface area contributed by atoms with Gasteiger partial charge in [-0.15, -0.1) is 11.3 Å². The number of rotatable bonds is 4. The average molecular weight is 389 g/mol. The Hall–Kier alpha value is -2.87. The monoisotopic (exact) mass is 389 g/mol. The molecule has 2 N–H and O–H groups in total. The number of hydrogen-bond donors (Lipinski definition) is 2. The van der Waals surface area contributed by atoms with E-state index in [0.29, 0.717) is 5.95 Å². The van der Waals surface area contributed by atoms with Crippen LogP contribution in [0.15, 0.2) is 60.2 Å². The molecule has 0 amide bonds. The van der Waals surface area contributed by atoms with Gasteiger partial charge in [0.2, 0.25) is 5.95 Å². The van der Waals surface area contributed by atoms with Crippen LogP contribution in [-0.2, 0) is 4.74 Å². The summed E-state index contributed by atoms with van der Waals surface area (Å²) < 4.78 is 6.97. The van der Waals surface area contributed by atoms with Crippen molar-refractivity contribution in [2.24, 2.45) is 0 Å². The van der Waals surface area contributed by atoms with Crippen LogP contribution in [0.3, 0.4) is 0 Å². The van der Waals surface area contributed by atoms with Crippen molar-refractivity contribution in [1.82, 2.24) is 20.3 Å². The molecule has 0 aliphatic carbocycles. The van der Waals surface area contributed by atoms with Crippen LogP contribution in [0.25, 0.3) is 21.5 Å². The summed E-state index contributed by atoms with van der Waals surface area (Å²) in [4.78, 5) is 13.4. The lowest BCUT2D eigenvalue weighted by Gasteiger charge is -2.24. The van der Waals surface area contributed by atoms with Crippen LogP contribution >= 0.6 is 11.3 Å². The smallest absolute Gasteiger partial charge is 0.227 e. The SMILES string of the molecule is c1cc(-c2ccc3scnc3c2)nc(Nc2ccc(C3CNCCO3)cc2)n1. The van der Waals surface area contributed by atoms with Gasteiger partial charge < -0.3 is 15.4 Å². The number of aromatic nitrogens is 3. The van der Waals surface area contributed by atoms with Gasteiger partial charge in [-0.3, -0.25) is 0 Å². The van der Waals surface area contributed by atoms with Gasteiger partial charge in [-0.2, -0.15) is 0 Å². The maximum absolute atomic E-state index is 5.80. The van der Waals surface area contributed by atoms with Gasteiger partial charge in [0.15, 0.2) is 0 Å². The minimum absolute atomic E-state index is 0.114. The van der Waals surface area contributed by atoms with E-state index in [2.05, 4.69) is 55.9 Å². The van der Waals surface area contributed by atoms with E-state index in [0.717, 1.165) is 42.2 Å². The molecule has 4 aromatic rings. The van der Waals surface area contributed by atoms with Gasteiger partial charge in [0.25, 0.3) is 0 Å². The summed E-state index contributed by atoms with van der Waals surface area (Å²) in [6.45, 7) is 2.51. The summed E-state index contributed by atoms with van der Waals surface area (Å²) in [5.74, 6) is 0.569. The van der Waals surface area contributed by atoms with E-state index in [1.165, 1.54) is 10.3 Å². The zero-order valence-electron chi connectivity index (χ0n) is 15.1. The predicted molar refractivity (Wildman–Crippen MR) is 112 cm³/mol. The van der Waals surface area contributed by atoms with E-state index in [1.54, 1.807) is 17.5 Å². The Labute approximate surface area is 166 Å². The molecule has 3 heterocycles. The van der Waals surface area contributed by atoms with Crippen molar-refractivity contribution in [3.63, 3.8) is 0 Å². The summed E-state index contributed by atoms with van der Waals surface area (Å²) in [6.07, 6.45) is 1.88. The Kier molecular flexibility index (Phi) is 4.70. The molecule has 1 saturated heterocycles. The number of fused-ring (bicyclic) bond motifs is 1. The minimum Gasteiger partial charge on any atom is -0.371 e. The second-order valence-corrected chi connectivity index (χ2v) is 7.50. The number of anilines is 2. The van der Waals surface area contributed by atoms with Crippen LogP contribution in [0, 0.1) is 0 Å². The van der Waals surface area contributed by atoms with Crippen molar-refractivity contribution in [2.45, 2.75) is 6.10 Å². The first-order valence-corrected chi connectivity index (χ1v) is 10.1. The fourth-order valence-electron chi connectivity index (χ4n) is 3.29.